The van der Waals surface area contributed by atoms with Gasteiger partial charge in [-0.15, -0.1) is 0 Å². The van der Waals surface area contributed by atoms with Crippen LogP contribution < -0.4 is 16.4 Å². The zero-order valence-electron chi connectivity index (χ0n) is 8.19. The van der Waals surface area contributed by atoms with Gasteiger partial charge in [-0.05, 0) is 5.56 Å². The summed E-state index contributed by atoms with van der Waals surface area (Å²) in [7, 11) is 0. The molecule has 0 atom stereocenters. The van der Waals surface area contributed by atoms with Gasteiger partial charge in [-0.2, -0.15) is 0 Å². The van der Waals surface area contributed by atoms with Crippen LogP contribution in [0.5, 0.6) is 0 Å². The Morgan fingerprint density at radius 1 is 1.13 bits per heavy atom. The highest BCUT2D eigenvalue weighted by Crippen LogP contribution is 1.96. The molecule has 1 rings (SSSR count). The van der Waals surface area contributed by atoms with Gasteiger partial charge in [0.2, 0.25) is 5.91 Å². The molecule has 0 heterocycles. The molecule has 0 fully saturated rings. The van der Waals surface area contributed by atoms with E-state index in [1.54, 1.807) is 0 Å². The van der Waals surface area contributed by atoms with E-state index in [9.17, 15) is 9.59 Å². The Labute approximate surface area is 87.7 Å². The Hall–Kier alpha value is -2.04. The standard InChI is InChI=1S/C10H13N3O2/c11-9(14)7-13-10(15)12-6-8-4-2-1-3-5-8/h1-5H,6-7H2,(H2,11,14)(H2,12,13,15). The minimum atomic E-state index is -0.565. The summed E-state index contributed by atoms with van der Waals surface area (Å²) < 4.78 is 0. The monoisotopic (exact) mass is 207 g/mol. The average molecular weight is 207 g/mol. The molecule has 0 aromatic heterocycles. The van der Waals surface area contributed by atoms with Crippen molar-refractivity contribution in [2.45, 2.75) is 6.54 Å². The Morgan fingerprint density at radius 3 is 2.40 bits per heavy atom. The number of urea groups is 1. The predicted octanol–water partition coefficient (Wildman–Crippen LogP) is -0.0289. The third kappa shape index (κ3) is 4.66. The SMILES string of the molecule is NC(=O)CNC(=O)NCc1ccccc1. The van der Waals surface area contributed by atoms with Crippen LogP contribution >= 0.6 is 0 Å². The Morgan fingerprint density at radius 2 is 1.80 bits per heavy atom. The molecule has 0 spiro atoms. The number of nitrogens with one attached hydrogen (secondary N) is 2. The quantitative estimate of drug-likeness (QED) is 0.647. The predicted molar refractivity (Wildman–Crippen MR) is 55.9 cm³/mol. The molecule has 4 N–H and O–H groups in total. The Kier molecular flexibility index (Phi) is 4.15. The number of hydrogen-bond donors (Lipinski definition) is 3. The molecular formula is C10H13N3O2. The van der Waals surface area contributed by atoms with E-state index in [1.807, 2.05) is 30.3 Å². The van der Waals surface area contributed by atoms with Crippen LogP contribution in [0, 0.1) is 0 Å². The Bertz CT molecular complexity index is 338. The number of amides is 3. The van der Waals surface area contributed by atoms with Crippen molar-refractivity contribution in [3.63, 3.8) is 0 Å². The fourth-order valence-corrected chi connectivity index (χ4v) is 1.01. The number of benzene rings is 1. The number of carbonyl (C=O) groups excluding carboxylic acids is 2. The van der Waals surface area contributed by atoms with Crippen molar-refractivity contribution in [3.8, 4) is 0 Å². The van der Waals surface area contributed by atoms with Gasteiger partial charge in [0.25, 0.3) is 0 Å². The van der Waals surface area contributed by atoms with E-state index in [-0.39, 0.29) is 6.54 Å². The highest BCUT2D eigenvalue weighted by molar-refractivity contribution is 5.82. The smallest absolute Gasteiger partial charge is 0.315 e. The van der Waals surface area contributed by atoms with Crippen LogP contribution in [0.2, 0.25) is 0 Å². The number of rotatable bonds is 4. The highest BCUT2D eigenvalue weighted by atomic mass is 16.2. The molecule has 5 nitrogen and oxygen atoms in total. The molecule has 0 aliphatic carbocycles. The molecule has 0 aliphatic rings. The van der Waals surface area contributed by atoms with Gasteiger partial charge in [-0.3, -0.25) is 4.79 Å². The normalized spacial score (nSPS) is 9.33. The van der Waals surface area contributed by atoms with E-state index in [0.717, 1.165) is 5.56 Å². The van der Waals surface area contributed by atoms with E-state index in [1.165, 1.54) is 0 Å². The van der Waals surface area contributed by atoms with E-state index < -0.39 is 11.9 Å². The zero-order chi connectivity index (χ0) is 11.1. The van der Waals surface area contributed by atoms with Crippen LogP contribution in [0.1, 0.15) is 5.56 Å². The van der Waals surface area contributed by atoms with Gasteiger partial charge < -0.3 is 16.4 Å². The molecule has 5 heteroatoms. The van der Waals surface area contributed by atoms with Gasteiger partial charge in [0.05, 0.1) is 6.54 Å². The van der Waals surface area contributed by atoms with E-state index in [4.69, 9.17) is 5.73 Å². The van der Waals surface area contributed by atoms with Crippen molar-refractivity contribution < 1.29 is 9.59 Å². The molecule has 1 aromatic rings. The van der Waals surface area contributed by atoms with E-state index >= 15 is 0 Å². The largest absolute Gasteiger partial charge is 0.368 e. The first kappa shape index (κ1) is 11.0. The van der Waals surface area contributed by atoms with Gasteiger partial charge >= 0.3 is 6.03 Å². The molecule has 3 amide bonds. The Balaban J connectivity index is 2.26. The topological polar surface area (TPSA) is 84.2 Å². The summed E-state index contributed by atoms with van der Waals surface area (Å²) in [6, 6.07) is 9.06. The maximum atomic E-state index is 11.1. The van der Waals surface area contributed by atoms with Crippen LogP contribution in [0.25, 0.3) is 0 Å². The lowest BCUT2D eigenvalue weighted by atomic mass is 10.2. The second-order valence-corrected chi connectivity index (χ2v) is 2.99. The van der Waals surface area contributed by atoms with Crippen molar-refractivity contribution in [2.75, 3.05) is 6.54 Å². The molecule has 80 valence electrons. The molecule has 0 unspecified atom stereocenters. The number of primary amides is 1. The number of nitrogens with two attached hydrogens (primary N) is 1. The van der Waals surface area contributed by atoms with Crippen molar-refractivity contribution in [1.82, 2.24) is 10.6 Å². The molecule has 0 aliphatic heterocycles. The maximum Gasteiger partial charge on any atom is 0.315 e. The van der Waals surface area contributed by atoms with Gasteiger partial charge in [-0.25, -0.2) is 4.79 Å². The summed E-state index contributed by atoms with van der Waals surface area (Å²) in [5.74, 6) is -0.565. The van der Waals surface area contributed by atoms with Crippen LogP contribution in [0.4, 0.5) is 4.79 Å². The third-order valence-corrected chi connectivity index (χ3v) is 1.72. The maximum absolute atomic E-state index is 11.1. The van der Waals surface area contributed by atoms with Gasteiger partial charge in [0.1, 0.15) is 0 Å². The van der Waals surface area contributed by atoms with Crippen molar-refractivity contribution in [3.05, 3.63) is 35.9 Å². The number of carbonyl (C=O) groups is 2. The summed E-state index contributed by atoms with van der Waals surface area (Å²) in [4.78, 5) is 21.4. The van der Waals surface area contributed by atoms with Crippen LogP contribution in [-0.2, 0) is 11.3 Å². The summed E-state index contributed by atoms with van der Waals surface area (Å²) in [5.41, 5.74) is 5.86. The summed E-state index contributed by atoms with van der Waals surface area (Å²) in [6.07, 6.45) is 0. The molecule has 15 heavy (non-hydrogen) atoms. The lowest BCUT2D eigenvalue weighted by molar-refractivity contribution is -0.117. The molecule has 0 saturated carbocycles. The van der Waals surface area contributed by atoms with Crippen molar-refractivity contribution >= 4 is 11.9 Å². The summed E-state index contributed by atoms with van der Waals surface area (Å²) >= 11 is 0. The second kappa shape index (κ2) is 5.64. The first-order chi connectivity index (χ1) is 7.18. The van der Waals surface area contributed by atoms with Gasteiger partial charge in [-0.1, -0.05) is 30.3 Å². The second-order valence-electron chi connectivity index (χ2n) is 2.99. The first-order valence-corrected chi connectivity index (χ1v) is 4.52. The average Bonchev–Trinajstić information content (AvgIpc) is 2.25. The van der Waals surface area contributed by atoms with Crippen LogP contribution in [0.15, 0.2) is 30.3 Å². The van der Waals surface area contributed by atoms with Crippen molar-refractivity contribution in [2.24, 2.45) is 5.73 Å². The molecule has 1 aromatic carbocycles. The first-order valence-electron chi connectivity index (χ1n) is 4.52. The summed E-state index contributed by atoms with van der Waals surface area (Å²) in [5, 5.41) is 4.92. The molecular weight excluding hydrogens is 194 g/mol. The molecule has 0 saturated heterocycles. The van der Waals surface area contributed by atoms with Gasteiger partial charge in [0, 0.05) is 6.54 Å². The lowest BCUT2D eigenvalue weighted by Crippen LogP contribution is -2.39. The highest BCUT2D eigenvalue weighted by Gasteiger charge is 2.00. The van der Waals surface area contributed by atoms with E-state index in [2.05, 4.69) is 10.6 Å². The van der Waals surface area contributed by atoms with Crippen molar-refractivity contribution in [1.29, 1.82) is 0 Å². The molecule has 0 radical (unpaired) electrons. The fourth-order valence-electron chi connectivity index (χ4n) is 1.01. The molecule has 0 bridgehead atoms. The van der Waals surface area contributed by atoms with E-state index in [0.29, 0.717) is 6.54 Å². The fraction of sp³-hybridized carbons (Fsp3) is 0.200. The minimum Gasteiger partial charge on any atom is -0.368 e. The number of hydrogen-bond acceptors (Lipinski definition) is 2. The summed E-state index contributed by atoms with van der Waals surface area (Å²) in [6.45, 7) is 0.270. The van der Waals surface area contributed by atoms with Gasteiger partial charge in [0.15, 0.2) is 0 Å². The minimum absolute atomic E-state index is 0.152. The zero-order valence-corrected chi connectivity index (χ0v) is 8.19. The van der Waals surface area contributed by atoms with Crippen LogP contribution in [0.3, 0.4) is 0 Å². The van der Waals surface area contributed by atoms with Crippen LogP contribution in [-0.4, -0.2) is 18.5 Å². The lowest BCUT2D eigenvalue weighted by Gasteiger charge is -2.05. The third-order valence-electron chi connectivity index (χ3n) is 1.72.